The largest absolute Gasteiger partial charge is 0.491 e. The molecule has 40 heavy (non-hydrogen) atoms. The Morgan fingerprint density at radius 3 is 2.65 bits per heavy atom. The molecule has 2 unspecified atom stereocenters. The molecule has 0 aliphatic carbocycles. The van der Waals surface area contributed by atoms with Crippen molar-refractivity contribution < 1.29 is 33.7 Å². The van der Waals surface area contributed by atoms with E-state index < -0.39 is 28.4 Å². The molecule has 2 amide bonds. The fourth-order valence-electron chi connectivity index (χ4n) is 5.36. The number of piperidine rings is 1. The number of amides is 2. The number of carbonyl (C=O) groups excluding carboxylic acids is 2. The number of carboxylic acids is 1. The second kappa shape index (κ2) is 11.9. The standard InChI is InChI=1S/C28H31FN4O6S/c1-15-25(27(36)37)20-12-19(3-4-22(20)31-15)39-14-18(34)13-33(17-6-8-30-9-7-17)23-5-2-16(10-21(23)29)11-24-26(35)32-28(38)40-24/h2-5,10,12,17-18,24,30-31,34H,6-9,11,13-14H2,1H3,(H,36,37)(H,32,35,38). The summed E-state index contributed by atoms with van der Waals surface area (Å²) in [4.78, 5) is 40.0. The molecule has 2 aliphatic rings. The Hall–Kier alpha value is -3.61. The van der Waals surface area contributed by atoms with E-state index in [0.717, 1.165) is 37.7 Å². The van der Waals surface area contributed by atoms with E-state index >= 15 is 4.39 Å². The van der Waals surface area contributed by atoms with Crippen molar-refractivity contribution in [1.29, 1.82) is 0 Å². The number of fused-ring (bicyclic) bond motifs is 1. The van der Waals surface area contributed by atoms with Gasteiger partial charge < -0.3 is 30.2 Å². The minimum atomic E-state index is -1.04. The molecule has 0 saturated carbocycles. The Morgan fingerprint density at radius 2 is 1.98 bits per heavy atom. The zero-order chi connectivity index (χ0) is 28.4. The average molecular weight is 571 g/mol. The number of aromatic amines is 1. The molecule has 12 heteroatoms. The van der Waals surface area contributed by atoms with Gasteiger partial charge in [0.05, 0.1) is 16.5 Å². The van der Waals surface area contributed by atoms with Crippen LogP contribution in [0.4, 0.5) is 14.9 Å². The minimum Gasteiger partial charge on any atom is -0.491 e. The summed E-state index contributed by atoms with van der Waals surface area (Å²) in [7, 11) is 0. The Labute approximate surface area is 234 Å². The van der Waals surface area contributed by atoms with E-state index in [1.807, 2.05) is 4.90 Å². The third kappa shape index (κ3) is 6.08. The molecule has 0 bridgehead atoms. The number of hydrogen-bond acceptors (Lipinski definition) is 8. The van der Waals surface area contributed by atoms with Gasteiger partial charge in [0, 0.05) is 29.2 Å². The number of aryl methyl sites for hydroxylation is 1. The van der Waals surface area contributed by atoms with E-state index in [4.69, 9.17) is 4.74 Å². The molecule has 10 nitrogen and oxygen atoms in total. The molecule has 3 heterocycles. The van der Waals surface area contributed by atoms with Crippen molar-refractivity contribution in [2.75, 3.05) is 31.1 Å². The normalized spacial score (nSPS) is 18.6. The molecule has 2 aliphatic heterocycles. The number of anilines is 1. The summed E-state index contributed by atoms with van der Waals surface area (Å²) in [5.74, 6) is -1.45. The van der Waals surface area contributed by atoms with Gasteiger partial charge in [-0.1, -0.05) is 17.8 Å². The second-order valence-corrected chi connectivity index (χ2v) is 11.3. The predicted octanol–water partition coefficient (Wildman–Crippen LogP) is 3.21. The van der Waals surface area contributed by atoms with Crippen molar-refractivity contribution >= 4 is 45.5 Å². The maximum atomic E-state index is 15.5. The molecule has 0 spiro atoms. The van der Waals surface area contributed by atoms with Gasteiger partial charge in [-0.15, -0.1) is 0 Å². The van der Waals surface area contributed by atoms with Crippen LogP contribution in [-0.2, 0) is 11.2 Å². The lowest BCUT2D eigenvalue weighted by molar-refractivity contribution is -0.118. The first-order chi connectivity index (χ1) is 19.2. The summed E-state index contributed by atoms with van der Waals surface area (Å²) in [6, 6.07) is 9.87. The van der Waals surface area contributed by atoms with Crippen LogP contribution in [0.15, 0.2) is 36.4 Å². The summed E-state index contributed by atoms with van der Waals surface area (Å²) < 4.78 is 21.3. The Morgan fingerprint density at radius 1 is 1.20 bits per heavy atom. The summed E-state index contributed by atoms with van der Waals surface area (Å²) in [5.41, 5.74) is 2.36. The highest BCUT2D eigenvalue weighted by atomic mass is 32.2. The smallest absolute Gasteiger partial charge is 0.338 e. The number of carboxylic acid groups (broad SMARTS) is 1. The van der Waals surface area contributed by atoms with Crippen LogP contribution in [0.5, 0.6) is 5.75 Å². The fourth-order valence-corrected chi connectivity index (χ4v) is 6.22. The fraction of sp³-hybridized carbons (Fsp3) is 0.393. The van der Waals surface area contributed by atoms with Gasteiger partial charge in [-0.3, -0.25) is 14.9 Å². The number of benzene rings is 2. The number of aliphatic hydroxyl groups excluding tert-OH is 1. The summed E-state index contributed by atoms with van der Waals surface area (Å²) in [6.45, 7) is 3.30. The van der Waals surface area contributed by atoms with Gasteiger partial charge >= 0.3 is 5.97 Å². The number of thioether (sulfide) groups is 1. The van der Waals surface area contributed by atoms with Gasteiger partial charge in [0.15, 0.2) is 0 Å². The summed E-state index contributed by atoms with van der Waals surface area (Å²) >= 11 is 0.906. The molecule has 212 valence electrons. The number of rotatable bonds is 10. The van der Waals surface area contributed by atoms with E-state index in [1.54, 1.807) is 37.3 Å². The van der Waals surface area contributed by atoms with Crippen LogP contribution >= 0.6 is 11.8 Å². The number of carbonyl (C=O) groups is 3. The number of aromatic carboxylic acids is 1. The molecule has 2 fully saturated rings. The molecule has 2 atom stereocenters. The van der Waals surface area contributed by atoms with Gasteiger partial charge in [0.1, 0.15) is 24.3 Å². The quantitative estimate of drug-likeness (QED) is 0.248. The van der Waals surface area contributed by atoms with Crippen molar-refractivity contribution in [3.8, 4) is 5.75 Å². The molecule has 5 rings (SSSR count). The number of imide groups is 1. The van der Waals surface area contributed by atoms with Crippen LogP contribution in [0.1, 0.15) is 34.5 Å². The predicted molar refractivity (Wildman–Crippen MR) is 150 cm³/mol. The number of nitrogens with one attached hydrogen (secondary N) is 3. The lowest BCUT2D eigenvalue weighted by Crippen LogP contribution is -2.47. The summed E-state index contributed by atoms with van der Waals surface area (Å²) in [5, 5.41) is 25.6. The van der Waals surface area contributed by atoms with E-state index in [0.29, 0.717) is 33.6 Å². The molecule has 3 aromatic rings. The van der Waals surface area contributed by atoms with E-state index in [-0.39, 0.29) is 37.1 Å². The van der Waals surface area contributed by atoms with Crippen molar-refractivity contribution in [3.63, 3.8) is 0 Å². The Kier molecular flexibility index (Phi) is 8.29. The van der Waals surface area contributed by atoms with Gasteiger partial charge in [-0.2, -0.15) is 0 Å². The van der Waals surface area contributed by atoms with Crippen LogP contribution < -0.4 is 20.3 Å². The molecule has 2 saturated heterocycles. The molecule has 2 aromatic carbocycles. The average Bonchev–Trinajstić information content (AvgIpc) is 3.42. The first-order valence-electron chi connectivity index (χ1n) is 13.1. The first kappa shape index (κ1) is 27.9. The number of hydrogen-bond donors (Lipinski definition) is 5. The molecule has 1 aromatic heterocycles. The van der Waals surface area contributed by atoms with Crippen molar-refractivity contribution in [2.24, 2.45) is 0 Å². The molecule has 0 radical (unpaired) electrons. The molecule has 5 N–H and O–H groups in total. The van der Waals surface area contributed by atoms with Crippen LogP contribution in [0.25, 0.3) is 10.9 Å². The second-order valence-electron chi connectivity index (χ2n) is 10.1. The van der Waals surface area contributed by atoms with E-state index in [2.05, 4.69) is 15.6 Å². The van der Waals surface area contributed by atoms with Crippen molar-refractivity contribution in [3.05, 3.63) is 59.0 Å². The highest BCUT2D eigenvalue weighted by Gasteiger charge is 2.32. The first-order valence-corrected chi connectivity index (χ1v) is 14.0. The third-order valence-electron chi connectivity index (χ3n) is 7.28. The number of H-pyrrole nitrogens is 1. The number of nitrogens with zero attached hydrogens (tertiary/aromatic N) is 1. The lowest BCUT2D eigenvalue weighted by Gasteiger charge is -2.38. The lowest BCUT2D eigenvalue weighted by atomic mass is 10.0. The topological polar surface area (TPSA) is 144 Å². The molecular weight excluding hydrogens is 539 g/mol. The zero-order valence-corrected chi connectivity index (χ0v) is 22.7. The number of halogens is 1. The third-order valence-corrected chi connectivity index (χ3v) is 8.26. The highest BCUT2D eigenvalue weighted by Crippen LogP contribution is 2.30. The van der Waals surface area contributed by atoms with Gasteiger partial charge in [0.25, 0.3) is 5.24 Å². The maximum Gasteiger partial charge on any atom is 0.338 e. The van der Waals surface area contributed by atoms with Gasteiger partial charge in [0.2, 0.25) is 5.91 Å². The zero-order valence-electron chi connectivity index (χ0n) is 21.9. The van der Waals surface area contributed by atoms with Crippen LogP contribution in [0.3, 0.4) is 0 Å². The SMILES string of the molecule is Cc1[nH]c2ccc(OCC(O)CN(c3ccc(CC4SC(=O)NC4=O)cc3F)C3CCNCC3)cc2c1C(=O)O. The number of aromatic nitrogens is 1. The van der Waals surface area contributed by atoms with Crippen molar-refractivity contribution in [1.82, 2.24) is 15.6 Å². The highest BCUT2D eigenvalue weighted by molar-refractivity contribution is 8.15. The number of aliphatic hydroxyl groups is 1. The number of ether oxygens (including phenoxy) is 1. The van der Waals surface area contributed by atoms with Crippen LogP contribution in [-0.4, -0.2) is 75.9 Å². The van der Waals surface area contributed by atoms with Gasteiger partial charge in [-0.25, -0.2) is 9.18 Å². The minimum absolute atomic E-state index is 0.00217. The molecular formula is C28H31FN4O6S. The Balaban J connectivity index is 1.29. The van der Waals surface area contributed by atoms with Gasteiger partial charge in [-0.05, 0) is 75.2 Å². The maximum absolute atomic E-state index is 15.5. The summed E-state index contributed by atoms with van der Waals surface area (Å²) in [6.07, 6.45) is 0.827. The van der Waals surface area contributed by atoms with E-state index in [9.17, 15) is 24.6 Å². The van der Waals surface area contributed by atoms with E-state index in [1.165, 1.54) is 6.07 Å². The van der Waals surface area contributed by atoms with Crippen LogP contribution in [0, 0.1) is 12.7 Å². The monoisotopic (exact) mass is 570 g/mol. The van der Waals surface area contributed by atoms with Crippen molar-refractivity contribution in [2.45, 2.75) is 43.6 Å². The Bertz CT molecular complexity index is 1440. The van der Waals surface area contributed by atoms with Crippen LogP contribution in [0.2, 0.25) is 0 Å².